The molecule has 0 fully saturated rings. The van der Waals surface area contributed by atoms with Crippen LogP contribution in [0.1, 0.15) is 32.8 Å². The van der Waals surface area contributed by atoms with Gasteiger partial charge in [0.15, 0.2) is 5.78 Å². The van der Waals surface area contributed by atoms with E-state index < -0.39 is 0 Å². The highest BCUT2D eigenvalue weighted by molar-refractivity contribution is 6.08. The van der Waals surface area contributed by atoms with Crippen LogP contribution in [0, 0.1) is 5.41 Å². The highest BCUT2D eigenvalue weighted by Crippen LogP contribution is 2.37. The normalized spacial score (nSPS) is 18.6. The molecule has 0 amide bonds. The van der Waals surface area contributed by atoms with E-state index in [-0.39, 0.29) is 11.2 Å². The van der Waals surface area contributed by atoms with Crippen LogP contribution in [0.15, 0.2) is 52.4 Å². The number of hydrogen-bond donors (Lipinski definition) is 0. The standard InChI is InChI=1S/C16H18O2/c1-12-5-4-9-16(2,3)15(12)14(17)7-6-13-8-10-18-11-13/h4-8,10-11H,9H2,1-3H3/b7-6+. The highest BCUT2D eigenvalue weighted by Gasteiger charge is 2.29. The molecular weight excluding hydrogens is 224 g/mol. The van der Waals surface area contributed by atoms with Crippen molar-refractivity contribution in [3.63, 3.8) is 0 Å². The average Bonchev–Trinajstić information content (AvgIpc) is 2.77. The van der Waals surface area contributed by atoms with Crippen molar-refractivity contribution in [1.29, 1.82) is 0 Å². The molecule has 0 spiro atoms. The van der Waals surface area contributed by atoms with Gasteiger partial charge in [-0.3, -0.25) is 4.79 Å². The zero-order valence-corrected chi connectivity index (χ0v) is 11.1. The third kappa shape index (κ3) is 2.53. The summed E-state index contributed by atoms with van der Waals surface area (Å²) >= 11 is 0. The summed E-state index contributed by atoms with van der Waals surface area (Å²) in [6.45, 7) is 6.22. The fourth-order valence-electron chi connectivity index (χ4n) is 2.40. The highest BCUT2D eigenvalue weighted by atomic mass is 16.3. The zero-order chi connectivity index (χ0) is 13.2. The molecule has 0 unspecified atom stereocenters. The molecule has 0 N–H and O–H groups in total. The maximum Gasteiger partial charge on any atom is 0.182 e. The van der Waals surface area contributed by atoms with Crippen LogP contribution in [-0.4, -0.2) is 5.78 Å². The molecular formula is C16H18O2. The van der Waals surface area contributed by atoms with Crippen molar-refractivity contribution in [2.45, 2.75) is 27.2 Å². The maximum atomic E-state index is 12.3. The minimum Gasteiger partial charge on any atom is -0.472 e. The molecule has 1 aromatic rings. The van der Waals surface area contributed by atoms with Crippen LogP contribution in [0.3, 0.4) is 0 Å². The first-order valence-electron chi connectivity index (χ1n) is 6.13. The second-order valence-corrected chi connectivity index (χ2v) is 5.30. The topological polar surface area (TPSA) is 30.2 Å². The molecule has 2 heteroatoms. The zero-order valence-electron chi connectivity index (χ0n) is 11.1. The Labute approximate surface area is 108 Å². The molecule has 0 saturated heterocycles. The van der Waals surface area contributed by atoms with Gasteiger partial charge in [-0.25, -0.2) is 0 Å². The van der Waals surface area contributed by atoms with Crippen molar-refractivity contribution in [1.82, 2.24) is 0 Å². The van der Waals surface area contributed by atoms with Crippen molar-refractivity contribution in [3.8, 4) is 0 Å². The third-order valence-electron chi connectivity index (χ3n) is 3.28. The van der Waals surface area contributed by atoms with Gasteiger partial charge in [0.1, 0.15) is 0 Å². The molecule has 0 radical (unpaired) electrons. The van der Waals surface area contributed by atoms with E-state index in [9.17, 15) is 4.79 Å². The summed E-state index contributed by atoms with van der Waals surface area (Å²) in [7, 11) is 0. The van der Waals surface area contributed by atoms with Crippen LogP contribution in [-0.2, 0) is 4.79 Å². The Morgan fingerprint density at radius 3 is 2.83 bits per heavy atom. The fourth-order valence-corrected chi connectivity index (χ4v) is 2.40. The summed E-state index contributed by atoms with van der Waals surface area (Å²) in [6, 6.07) is 1.83. The Kier molecular flexibility index (Phi) is 3.37. The number of hydrogen-bond acceptors (Lipinski definition) is 2. The third-order valence-corrected chi connectivity index (χ3v) is 3.28. The van der Waals surface area contributed by atoms with Crippen molar-refractivity contribution < 1.29 is 9.21 Å². The number of ketones is 1. The van der Waals surface area contributed by atoms with Crippen LogP contribution in [0.2, 0.25) is 0 Å². The van der Waals surface area contributed by atoms with Crippen LogP contribution in [0.4, 0.5) is 0 Å². The molecule has 0 bridgehead atoms. The monoisotopic (exact) mass is 242 g/mol. The van der Waals surface area contributed by atoms with E-state index in [0.29, 0.717) is 0 Å². The summed E-state index contributed by atoms with van der Waals surface area (Å²) in [4.78, 5) is 12.3. The van der Waals surface area contributed by atoms with Crippen molar-refractivity contribution in [2.24, 2.45) is 5.41 Å². The Morgan fingerprint density at radius 1 is 1.44 bits per heavy atom. The lowest BCUT2D eigenvalue weighted by Gasteiger charge is -2.29. The van der Waals surface area contributed by atoms with Gasteiger partial charge in [-0.2, -0.15) is 0 Å². The first kappa shape index (κ1) is 12.6. The first-order valence-corrected chi connectivity index (χ1v) is 6.13. The van der Waals surface area contributed by atoms with Crippen LogP contribution >= 0.6 is 0 Å². The van der Waals surface area contributed by atoms with E-state index in [0.717, 1.165) is 23.1 Å². The van der Waals surface area contributed by atoms with Crippen LogP contribution in [0.5, 0.6) is 0 Å². The van der Waals surface area contributed by atoms with Crippen LogP contribution < -0.4 is 0 Å². The van der Waals surface area contributed by atoms with Crippen LogP contribution in [0.25, 0.3) is 6.08 Å². The van der Waals surface area contributed by atoms with E-state index in [1.165, 1.54) is 0 Å². The van der Waals surface area contributed by atoms with Crippen molar-refractivity contribution in [3.05, 3.63) is 53.5 Å². The number of carbonyl (C=O) groups is 1. The predicted octanol–water partition coefficient (Wildman–Crippen LogP) is 4.16. The van der Waals surface area contributed by atoms with Gasteiger partial charge in [0, 0.05) is 11.1 Å². The Hall–Kier alpha value is -1.83. The largest absolute Gasteiger partial charge is 0.472 e. The summed E-state index contributed by atoms with van der Waals surface area (Å²) in [5, 5.41) is 0. The minimum absolute atomic E-state index is 0.0862. The fraction of sp³-hybridized carbons (Fsp3) is 0.312. The number of carbonyl (C=O) groups excluding carboxylic acids is 1. The summed E-state index contributed by atoms with van der Waals surface area (Å²) in [5.74, 6) is 0.0862. The molecule has 0 aromatic carbocycles. The molecule has 1 aliphatic carbocycles. The van der Waals surface area contributed by atoms with Crippen molar-refractivity contribution in [2.75, 3.05) is 0 Å². The Morgan fingerprint density at radius 2 is 2.22 bits per heavy atom. The molecule has 1 aliphatic rings. The first-order chi connectivity index (χ1) is 8.50. The van der Waals surface area contributed by atoms with Gasteiger partial charge in [0.05, 0.1) is 12.5 Å². The second-order valence-electron chi connectivity index (χ2n) is 5.30. The van der Waals surface area contributed by atoms with Gasteiger partial charge < -0.3 is 4.42 Å². The Balaban J connectivity index is 2.25. The number of allylic oxidation sites excluding steroid dienone is 5. The van der Waals surface area contributed by atoms with Crippen molar-refractivity contribution >= 4 is 11.9 Å². The smallest absolute Gasteiger partial charge is 0.182 e. The maximum absolute atomic E-state index is 12.3. The molecule has 2 rings (SSSR count). The van der Waals surface area contributed by atoms with E-state index in [4.69, 9.17) is 4.42 Å². The average molecular weight is 242 g/mol. The molecule has 1 aromatic heterocycles. The van der Waals surface area contributed by atoms with E-state index in [1.54, 1.807) is 24.7 Å². The molecule has 1 heterocycles. The van der Waals surface area contributed by atoms with E-state index in [2.05, 4.69) is 19.9 Å². The molecule has 0 aliphatic heterocycles. The lowest BCUT2D eigenvalue weighted by molar-refractivity contribution is -0.112. The van der Waals surface area contributed by atoms with Gasteiger partial charge >= 0.3 is 0 Å². The molecule has 94 valence electrons. The quantitative estimate of drug-likeness (QED) is 0.745. The van der Waals surface area contributed by atoms with E-state index >= 15 is 0 Å². The second kappa shape index (κ2) is 4.81. The lowest BCUT2D eigenvalue weighted by atomic mass is 9.74. The predicted molar refractivity (Wildman–Crippen MR) is 73.0 cm³/mol. The molecule has 2 nitrogen and oxygen atoms in total. The van der Waals surface area contributed by atoms with Gasteiger partial charge in [-0.1, -0.05) is 26.0 Å². The number of rotatable bonds is 3. The van der Waals surface area contributed by atoms with Gasteiger partial charge in [0.25, 0.3) is 0 Å². The minimum atomic E-state index is -0.0867. The molecule has 18 heavy (non-hydrogen) atoms. The van der Waals surface area contributed by atoms with Gasteiger partial charge in [-0.15, -0.1) is 0 Å². The molecule has 0 atom stereocenters. The summed E-state index contributed by atoms with van der Waals surface area (Å²) in [5.41, 5.74) is 2.79. The summed E-state index contributed by atoms with van der Waals surface area (Å²) in [6.07, 6.45) is 11.7. The van der Waals surface area contributed by atoms with Gasteiger partial charge in [0.2, 0.25) is 0 Å². The molecule has 0 saturated carbocycles. The van der Waals surface area contributed by atoms with Gasteiger partial charge in [-0.05, 0) is 42.6 Å². The number of furan rings is 1. The summed E-state index contributed by atoms with van der Waals surface area (Å²) < 4.78 is 4.97. The SMILES string of the molecule is CC1=C(C(=O)/C=C/c2ccoc2)C(C)(C)CC=C1. The lowest BCUT2D eigenvalue weighted by Crippen LogP contribution is -2.23. The van der Waals surface area contributed by atoms with E-state index in [1.807, 2.05) is 19.1 Å². The Bertz CT molecular complexity index is 525.